The molecule has 0 aromatic heterocycles. The second kappa shape index (κ2) is 9.98. The zero-order chi connectivity index (χ0) is 18.9. The van der Waals surface area contributed by atoms with Crippen LogP contribution in [0.25, 0.3) is 0 Å². The van der Waals surface area contributed by atoms with E-state index in [9.17, 15) is 9.59 Å². The van der Waals surface area contributed by atoms with E-state index in [2.05, 4.69) is 5.43 Å². The van der Waals surface area contributed by atoms with Gasteiger partial charge in [0.2, 0.25) is 11.7 Å². The first-order chi connectivity index (χ1) is 12.6. The molecule has 0 radical (unpaired) electrons. The number of amides is 1. The van der Waals surface area contributed by atoms with Crippen LogP contribution < -0.4 is 19.6 Å². The maximum atomic E-state index is 12.4. The molecule has 0 bridgehead atoms. The minimum atomic E-state index is -0.0930. The number of rotatable bonds is 9. The number of ether oxygens (including phenoxy) is 4. The molecule has 0 spiro atoms. The Bertz CT molecular complexity index is 603. The molecule has 0 unspecified atom stereocenters. The summed E-state index contributed by atoms with van der Waals surface area (Å²) in [5.41, 5.74) is 3.30. The van der Waals surface area contributed by atoms with Crippen LogP contribution in [0.5, 0.6) is 17.2 Å². The second-order valence-electron chi connectivity index (χ2n) is 5.83. The van der Waals surface area contributed by atoms with E-state index in [1.807, 2.05) is 5.01 Å². The largest absolute Gasteiger partial charge is 0.493 e. The van der Waals surface area contributed by atoms with Crippen LogP contribution in [0.15, 0.2) is 12.1 Å². The number of hydrogen-bond donors (Lipinski definition) is 1. The maximum absolute atomic E-state index is 12.4. The topological polar surface area (TPSA) is 86.3 Å². The van der Waals surface area contributed by atoms with E-state index < -0.39 is 0 Å². The van der Waals surface area contributed by atoms with Crippen molar-refractivity contribution in [3.63, 3.8) is 0 Å². The maximum Gasteiger partial charge on any atom is 0.234 e. The van der Waals surface area contributed by atoms with Gasteiger partial charge in [0.05, 0.1) is 34.5 Å². The fourth-order valence-electron chi connectivity index (χ4n) is 2.70. The van der Waals surface area contributed by atoms with E-state index >= 15 is 0 Å². The first-order valence-corrected chi connectivity index (χ1v) is 8.54. The van der Waals surface area contributed by atoms with Crippen molar-refractivity contribution in [3.05, 3.63) is 17.7 Å². The molecule has 144 valence electrons. The Balaban J connectivity index is 1.88. The summed E-state index contributed by atoms with van der Waals surface area (Å²) in [6.45, 7) is 2.58. The zero-order valence-corrected chi connectivity index (χ0v) is 15.5. The first-order valence-electron chi connectivity index (χ1n) is 8.54. The van der Waals surface area contributed by atoms with Gasteiger partial charge < -0.3 is 18.9 Å². The van der Waals surface area contributed by atoms with Gasteiger partial charge in [-0.1, -0.05) is 0 Å². The zero-order valence-electron chi connectivity index (χ0n) is 15.5. The number of carbonyl (C=O) groups is 2. The molecule has 1 N–H and O–H groups in total. The summed E-state index contributed by atoms with van der Waals surface area (Å²) in [5, 5.41) is 1.84. The van der Waals surface area contributed by atoms with Crippen LogP contribution in [0, 0.1) is 0 Å². The summed E-state index contributed by atoms with van der Waals surface area (Å²) in [6, 6.07) is 3.25. The Kier molecular flexibility index (Phi) is 7.68. The van der Waals surface area contributed by atoms with Gasteiger partial charge in [0, 0.05) is 31.5 Å². The van der Waals surface area contributed by atoms with Crippen molar-refractivity contribution in [2.75, 3.05) is 47.6 Å². The molecule has 1 aromatic carbocycles. The van der Waals surface area contributed by atoms with E-state index in [-0.39, 0.29) is 24.5 Å². The SMILES string of the molecule is COc1cc(C(=O)CCCC(=O)NN2CCOCC2)cc(OC)c1OC. The average Bonchev–Trinajstić information content (AvgIpc) is 2.67. The van der Waals surface area contributed by atoms with Gasteiger partial charge in [0.1, 0.15) is 0 Å². The number of nitrogens with zero attached hydrogens (tertiary/aromatic N) is 1. The fourth-order valence-corrected chi connectivity index (χ4v) is 2.70. The van der Waals surface area contributed by atoms with Gasteiger partial charge in [0.25, 0.3) is 0 Å². The predicted octanol–water partition coefficient (Wildman–Crippen LogP) is 1.43. The highest BCUT2D eigenvalue weighted by molar-refractivity contribution is 5.97. The number of hydrazine groups is 1. The summed E-state index contributed by atoms with van der Waals surface area (Å²) in [7, 11) is 4.51. The van der Waals surface area contributed by atoms with Gasteiger partial charge in [-0.2, -0.15) is 0 Å². The molecule has 1 aliphatic heterocycles. The summed E-state index contributed by atoms with van der Waals surface area (Å²) >= 11 is 0. The van der Waals surface area contributed by atoms with Crippen molar-refractivity contribution >= 4 is 11.7 Å². The Morgan fingerprint density at radius 2 is 1.65 bits per heavy atom. The molecule has 8 heteroatoms. The standard InChI is InChI=1S/C18H26N2O6/c1-23-15-11-13(12-16(24-2)18(15)25-3)14(21)5-4-6-17(22)19-20-7-9-26-10-8-20/h11-12H,4-10H2,1-3H3,(H,19,22). The highest BCUT2D eigenvalue weighted by atomic mass is 16.5. The molecule has 1 saturated heterocycles. The van der Waals surface area contributed by atoms with Crippen molar-refractivity contribution < 1.29 is 28.5 Å². The van der Waals surface area contributed by atoms with Gasteiger partial charge in [0.15, 0.2) is 17.3 Å². The van der Waals surface area contributed by atoms with Crippen molar-refractivity contribution in [1.29, 1.82) is 0 Å². The lowest BCUT2D eigenvalue weighted by molar-refractivity contribution is -0.128. The molecule has 1 amide bonds. The van der Waals surface area contributed by atoms with Gasteiger partial charge in [-0.05, 0) is 18.6 Å². The van der Waals surface area contributed by atoms with E-state index in [1.54, 1.807) is 12.1 Å². The number of benzene rings is 1. The predicted molar refractivity (Wildman–Crippen MR) is 94.8 cm³/mol. The smallest absolute Gasteiger partial charge is 0.234 e. The van der Waals surface area contributed by atoms with Crippen LogP contribution >= 0.6 is 0 Å². The van der Waals surface area contributed by atoms with Gasteiger partial charge >= 0.3 is 0 Å². The van der Waals surface area contributed by atoms with Crippen LogP contribution in [0.1, 0.15) is 29.6 Å². The minimum Gasteiger partial charge on any atom is -0.493 e. The highest BCUT2D eigenvalue weighted by Gasteiger charge is 2.18. The molecule has 0 aliphatic carbocycles. The van der Waals surface area contributed by atoms with Crippen LogP contribution in [0.2, 0.25) is 0 Å². The minimum absolute atomic E-state index is 0.0802. The molecular weight excluding hydrogens is 340 g/mol. The van der Waals surface area contributed by atoms with Crippen LogP contribution in [0.4, 0.5) is 0 Å². The summed E-state index contributed by atoms with van der Waals surface area (Å²) in [4.78, 5) is 24.4. The lowest BCUT2D eigenvalue weighted by Crippen LogP contribution is -2.48. The van der Waals surface area contributed by atoms with Gasteiger partial charge in [-0.25, -0.2) is 5.01 Å². The molecule has 1 heterocycles. The number of morpholine rings is 1. The third-order valence-electron chi connectivity index (χ3n) is 4.09. The molecule has 1 aliphatic rings. The van der Waals surface area contributed by atoms with Crippen molar-refractivity contribution in [1.82, 2.24) is 10.4 Å². The molecule has 26 heavy (non-hydrogen) atoms. The number of ketones is 1. The second-order valence-corrected chi connectivity index (χ2v) is 5.83. The molecule has 1 fully saturated rings. The number of carbonyl (C=O) groups excluding carboxylic acids is 2. The van der Waals surface area contributed by atoms with E-state index in [4.69, 9.17) is 18.9 Å². The number of methoxy groups -OCH3 is 3. The van der Waals surface area contributed by atoms with E-state index in [0.717, 1.165) is 0 Å². The van der Waals surface area contributed by atoms with Crippen molar-refractivity contribution in [3.8, 4) is 17.2 Å². The molecule has 2 rings (SSSR count). The molecule has 8 nitrogen and oxygen atoms in total. The van der Waals surface area contributed by atoms with Crippen LogP contribution in [-0.4, -0.2) is 64.3 Å². The Morgan fingerprint density at radius 1 is 1.04 bits per heavy atom. The van der Waals surface area contributed by atoms with Crippen molar-refractivity contribution in [2.24, 2.45) is 0 Å². The normalized spacial score (nSPS) is 14.6. The Labute approximate surface area is 153 Å². The Hall–Kier alpha value is -2.32. The number of nitrogens with one attached hydrogen (secondary N) is 1. The summed E-state index contributed by atoms with van der Waals surface area (Å²) in [6.07, 6.45) is 1.01. The third kappa shape index (κ3) is 5.34. The highest BCUT2D eigenvalue weighted by Crippen LogP contribution is 2.38. The van der Waals surface area contributed by atoms with Gasteiger partial charge in [-0.3, -0.25) is 15.0 Å². The number of hydrogen-bond acceptors (Lipinski definition) is 7. The lowest BCUT2D eigenvalue weighted by atomic mass is 10.0. The molecule has 1 aromatic rings. The monoisotopic (exact) mass is 366 g/mol. The quantitative estimate of drug-likeness (QED) is 0.662. The summed E-state index contributed by atoms with van der Waals surface area (Å²) in [5.74, 6) is 1.13. The van der Waals surface area contributed by atoms with Crippen LogP contribution in [-0.2, 0) is 9.53 Å². The Morgan fingerprint density at radius 3 is 2.19 bits per heavy atom. The lowest BCUT2D eigenvalue weighted by Gasteiger charge is -2.26. The van der Waals surface area contributed by atoms with Crippen LogP contribution in [0.3, 0.4) is 0 Å². The fraction of sp³-hybridized carbons (Fsp3) is 0.556. The molecular formula is C18H26N2O6. The number of Topliss-reactive ketones (excluding diaryl/α,β-unsaturated/α-hetero) is 1. The summed E-state index contributed by atoms with van der Waals surface area (Å²) < 4.78 is 21.0. The first kappa shape index (κ1) is 20.0. The van der Waals surface area contributed by atoms with E-state index in [0.29, 0.717) is 55.5 Å². The van der Waals surface area contributed by atoms with Crippen molar-refractivity contribution in [2.45, 2.75) is 19.3 Å². The average molecular weight is 366 g/mol. The molecule has 0 saturated carbocycles. The van der Waals surface area contributed by atoms with E-state index in [1.165, 1.54) is 21.3 Å². The molecule has 0 atom stereocenters. The third-order valence-corrected chi connectivity index (χ3v) is 4.09. The van der Waals surface area contributed by atoms with Gasteiger partial charge in [-0.15, -0.1) is 0 Å².